The van der Waals surface area contributed by atoms with Crippen molar-refractivity contribution in [1.82, 2.24) is 15.0 Å². The number of hydrogen-bond acceptors (Lipinski definition) is 4. The first kappa shape index (κ1) is 12.9. The van der Waals surface area contributed by atoms with Crippen LogP contribution in [-0.4, -0.2) is 22.1 Å². The average Bonchev–Trinajstić information content (AvgIpc) is 2.99. The Labute approximate surface area is 122 Å². The summed E-state index contributed by atoms with van der Waals surface area (Å²) in [6.07, 6.45) is 0. The summed E-state index contributed by atoms with van der Waals surface area (Å²) in [5, 5.41) is 17.3. The van der Waals surface area contributed by atoms with Crippen LogP contribution in [0.2, 0.25) is 0 Å². The van der Waals surface area contributed by atoms with Gasteiger partial charge in [-0.25, -0.2) is 4.68 Å². The Morgan fingerprint density at radius 1 is 1.10 bits per heavy atom. The van der Waals surface area contributed by atoms with Crippen LogP contribution in [-0.2, 0) is 0 Å². The molecule has 5 nitrogen and oxygen atoms in total. The van der Waals surface area contributed by atoms with Crippen molar-refractivity contribution < 1.29 is 4.74 Å². The molecule has 1 heterocycles. The van der Waals surface area contributed by atoms with Crippen molar-refractivity contribution >= 4 is 0 Å². The van der Waals surface area contributed by atoms with Gasteiger partial charge in [-0.05, 0) is 24.3 Å². The number of nitrogens with zero attached hydrogens (tertiary/aromatic N) is 4. The lowest BCUT2D eigenvalue weighted by molar-refractivity contribution is 0.415. The van der Waals surface area contributed by atoms with E-state index in [9.17, 15) is 5.26 Å². The molecule has 0 saturated heterocycles. The molecule has 0 aliphatic heterocycles. The Morgan fingerprint density at radius 3 is 2.62 bits per heavy atom. The molecule has 0 atom stereocenters. The van der Waals surface area contributed by atoms with Crippen LogP contribution in [0.1, 0.15) is 5.69 Å². The highest BCUT2D eigenvalue weighted by Crippen LogP contribution is 2.27. The summed E-state index contributed by atoms with van der Waals surface area (Å²) in [5.74, 6) is 0.720. The Balaban J connectivity index is 2.21. The average molecular weight is 276 g/mol. The molecule has 3 rings (SSSR count). The number of hydrogen-bond donors (Lipinski definition) is 0. The van der Waals surface area contributed by atoms with Gasteiger partial charge in [0.25, 0.3) is 0 Å². The quantitative estimate of drug-likeness (QED) is 0.738. The number of nitriles is 1. The molecule has 0 radical (unpaired) electrons. The molecule has 0 spiro atoms. The standard InChI is InChI=1S/C16H12N4O/c1-21-14-9-5-6-12(10-14)16-15(11-17)18-19-20(16)13-7-3-2-4-8-13/h2-10H,1H3. The van der Waals surface area contributed by atoms with Crippen LogP contribution >= 0.6 is 0 Å². The van der Waals surface area contributed by atoms with E-state index in [1.54, 1.807) is 11.8 Å². The van der Waals surface area contributed by atoms with Gasteiger partial charge >= 0.3 is 0 Å². The molecule has 0 bridgehead atoms. The normalized spacial score (nSPS) is 10.1. The molecule has 21 heavy (non-hydrogen) atoms. The van der Waals surface area contributed by atoms with Gasteiger partial charge < -0.3 is 4.74 Å². The largest absolute Gasteiger partial charge is 0.497 e. The number of benzene rings is 2. The van der Waals surface area contributed by atoms with E-state index in [2.05, 4.69) is 16.4 Å². The van der Waals surface area contributed by atoms with E-state index in [0.717, 1.165) is 17.0 Å². The summed E-state index contributed by atoms with van der Waals surface area (Å²) in [5.41, 5.74) is 2.62. The lowest BCUT2D eigenvalue weighted by Gasteiger charge is -2.08. The number of para-hydroxylation sites is 1. The van der Waals surface area contributed by atoms with E-state index in [1.807, 2.05) is 54.6 Å². The maximum Gasteiger partial charge on any atom is 0.191 e. The fourth-order valence-electron chi connectivity index (χ4n) is 2.14. The first-order chi connectivity index (χ1) is 10.3. The highest BCUT2D eigenvalue weighted by molar-refractivity contribution is 5.68. The number of methoxy groups -OCH3 is 1. The van der Waals surface area contributed by atoms with Crippen LogP contribution in [0.3, 0.4) is 0 Å². The second-order valence-corrected chi connectivity index (χ2v) is 4.38. The summed E-state index contributed by atoms with van der Waals surface area (Å²) in [6, 6.07) is 19.2. The number of aromatic nitrogens is 3. The summed E-state index contributed by atoms with van der Waals surface area (Å²) in [7, 11) is 1.61. The van der Waals surface area contributed by atoms with E-state index in [1.165, 1.54) is 0 Å². The zero-order valence-electron chi connectivity index (χ0n) is 11.4. The maximum atomic E-state index is 9.27. The van der Waals surface area contributed by atoms with E-state index < -0.39 is 0 Å². The molecule has 3 aromatic rings. The van der Waals surface area contributed by atoms with Crippen molar-refractivity contribution in [1.29, 1.82) is 5.26 Å². The van der Waals surface area contributed by atoms with Crippen LogP contribution in [0.15, 0.2) is 54.6 Å². The molecular formula is C16H12N4O. The minimum Gasteiger partial charge on any atom is -0.497 e. The van der Waals surface area contributed by atoms with Crippen LogP contribution in [0, 0.1) is 11.3 Å². The fraction of sp³-hybridized carbons (Fsp3) is 0.0625. The topological polar surface area (TPSA) is 63.7 Å². The highest BCUT2D eigenvalue weighted by Gasteiger charge is 2.16. The van der Waals surface area contributed by atoms with Crippen molar-refractivity contribution in [3.05, 3.63) is 60.3 Å². The van der Waals surface area contributed by atoms with Gasteiger partial charge in [0.15, 0.2) is 5.69 Å². The van der Waals surface area contributed by atoms with Crippen LogP contribution < -0.4 is 4.74 Å². The minimum absolute atomic E-state index is 0.284. The molecule has 0 saturated carbocycles. The molecule has 102 valence electrons. The predicted molar refractivity (Wildman–Crippen MR) is 78.1 cm³/mol. The molecule has 0 N–H and O–H groups in total. The summed E-state index contributed by atoms with van der Waals surface area (Å²) in [4.78, 5) is 0. The van der Waals surface area contributed by atoms with Gasteiger partial charge in [0.05, 0.1) is 12.8 Å². The minimum atomic E-state index is 0.284. The summed E-state index contributed by atoms with van der Waals surface area (Å²) >= 11 is 0. The van der Waals surface area contributed by atoms with Gasteiger partial charge in [0.1, 0.15) is 17.5 Å². The SMILES string of the molecule is COc1cccc(-c2c(C#N)nnn2-c2ccccc2)c1. The lowest BCUT2D eigenvalue weighted by Crippen LogP contribution is -1.99. The molecule has 1 aromatic heterocycles. The second-order valence-electron chi connectivity index (χ2n) is 4.38. The maximum absolute atomic E-state index is 9.27. The van der Waals surface area contributed by atoms with E-state index in [4.69, 9.17) is 4.74 Å². The predicted octanol–water partition coefficient (Wildman–Crippen LogP) is 2.81. The van der Waals surface area contributed by atoms with Crippen molar-refractivity contribution in [2.75, 3.05) is 7.11 Å². The molecule has 5 heteroatoms. The molecule has 0 amide bonds. The van der Waals surface area contributed by atoms with E-state index >= 15 is 0 Å². The third kappa shape index (κ3) is 2.35. The second kappa shape index (κ2) is 5.47. The van der Waals surface area contributed by atoms with Gasteiger partial charge in [-0.2, -0.15) is 5.26 Å². The van der Waals surface area contributed by atoms with Crippen LogP contribution in [0.4, 0.5) is 0 Å². The summed E-state index contributed by atoms with van der Waals surface area (Å²) < 4.78 is 6.90. The Kier molecular flexibility index (Phi) is 3.36. The number of ether oxygens (including phenoxy) is 1. The Morgan fingerprint density at radius 2 is 1.90 bits per heavy atom. The summed E-state index contributed by atoms with van der Waals surface area (Å²) in [6.45, 7) is 0. The first-order valence-electron chi connectivity index (χ1n) is 6.39. The van der Waals surface area contributed by atoms with E-state index in [-0.39, 0.29) is 5.69 Å². The lowest BCUT2D eigenvalue weighted by atomic mass is 10.1. The third-order valence-corrected chi connectivity index (χ3v) is 3.12. The molecule has 2 aromatic carbocycles. The number of rotatable bonds is 3. The van der Waals surface area contributed by atoms with Gasteiger partial charge in [0, 0.05) is 5.56 Å². The molecule has 0 fully saturated rings. The zero-order valence-corrected chi connectivity index (χ0v) is 11.4. The Bertz CT molecular complexity index is 803. The third-order valence-electron chi connectivity index (χ3n) is 3.12. The van der Waals surface area contributed by atoms with E-state index in [0.29, 0.717) is 5.69 Å². The van der Waals surface area contributed by atoms with Crippen LogP contribution in [0.25, 0.3) is 16.9 Å². The van der Waals surface area contributed by atoms with Crippen LogP contribution in [0.5, 0.6) is 5.75 Å². The molecule has 0 aliphatic carbocycles. The zero-order chi connectivity index (χ0) is 14.7. The molecule has 0 unspecified atom stereocenters. The molecular weight excluding hydrogens is 264 g/mol. The molecule has 0 aliphatic rings. The van der Waals surface area contributed by atoms with Crippen molar-refractivity contribution in [3.63, 3.8) is 0 Å². The van der Waals surface area contributed by atoms with Crippen molar-refractivity contribution in [3.8, 4) is 28.8 Å². The highest BCUT2D eigenvalue weighted by atomic mass is 16.5. The Hall–Kier alpha value is -3.13. The van der Waals surface area contributed by atoms with Gasteiger partial charge in [-0.3, -0.25) is 0 Å². The first-order valence-corrected chi connectivity index (χ1v) is 6.39. The smallest absolute Gasteiger partial charge is 0.191 e. The van der Waals surface area contributed by atoms with Gasteiger partial charge in [0.2, 0.25) is 0 Å². The monoisotopic (exact) mass is 276 g/mol. The van der Waals surface area contributed by atoms with Gasteiger partial charge in [-0.1, -0.05) is 35.5 Å². The van der Waals surface area contributed by atoms with Crippen molar-refractivity contribution in [2.24, 2.45) is 0 Å². The van der Waals surface area contributed by atoms with Crippen molar-refractivity contribution in [2.45, 2.75) is 0 Å². The fourth-order valence-corrected chi connectivity index (χ4v) is 2.14. The van der Waals surface area contributed by atoms with Gasteiger partial charge in [-0.15, -0.1) is 5.10 Å².